The summed E-state index contributed by atoms with van der Waals surface area (Å²) in [5.74, 6) is 0.804. The smallest absolute Gasteiger partial charge is 0.451 e. The van der Waals surface area contributed by atoms with Gasteiger partial charge in [0.2, 0.25) is 11.6 Å². The molecule has 0 radical (unpaired) electrons. The number of rotatable bonds is 10. The molecule has 0 N–H and O–H groups in total. The molecule has 4 rings (SSSR count). The van der Waals surface area contributed by atoms with Crippen molar-refractivity contribution in [3.8, 4) is 28.7 Å². The molecule has 39 heavy (non-hydrogen) atoms. The Bertz CT molecular complexity index is 1300. The van der Waals surface area contributed by atoms with E-state index < -0.39 is 18.0 Å². The van der Waals surface area contributed by atoms with Gasteiger partial charge in [0.1, 0.15) is 5.82 Å². The minimum Gasteiger partial charge on any atom is -0.493 e. The normalized spacial score (nSPS) is 13.5. The van der Waals surface area contributed by atoms with E-state index in [9.17, 15) is 18.0 Å². The molecule has 0 aliphatic carbocycles. The number of halogens is 3. The lowest BCUT2D eigenvalue weighted by atomic mass is 10.0. The van der Waals surface area contributed by atoms with Crippen molar-refractivity contribution in [2.24, 2.45) is 0 Å². The molecule has 2 heterocycles. The molecule has 2 aromatic carbocycles. The van der Waals surface area contributed by atoms with Gasteiger partial charge in [-0.3, -0.25) is 9.69 Å². The van der Waals surface area contributed by atoms with Gasteiger partial charge in [-0.15, -0.1) is 10.2 Å². The van der Waals surface area contributed by atoms with E-state index in [1.54, 1.807) is 38.4 Å². The average Bonchev–Trinajstić information content (AvgIpc) is 3.35. The first kappa shape index (κ1) is 28.0. The zero-order valence-corrected chi connectivity index (χ0v) is 22.0. The predicted octanol–water partition coefficient (Wildman–Crippen LogP) is 3.54. The van der Waals surface area contributed by atoms with Crippen LogP contribution >= 0.6 is 0 Å². The molecular formula is C26H29F3N4O6. The number of benzene rings is 2. The third kappa shape index (κ3) is 6.36. The number of ether oxygens (including phenoxy) is 5. The van der Waals surface area contributed by atoms with Crippen molar-refractivity contribution in [3.05, 3.63) is 53.1 Å². The summed E-state index contributed by atoms with van der Waals surface area (Å²) in [6.45, 7) is 0.149. The van der Waals surface area contributed by atoms with Crippen LogP contribution in [0.1, 0.15) is 22.8 Å². The number of hydrogen-bond acceptors (Lipinski definition) is 9. The summed E-state index contributed by atoms with van der Waals surface area (Å²) in [4.78, 5) is 14.4. The lowest BCUT2D eigenvalue weighted by Crippen LogP contribution is -2.39. The van der Waals surface area contributed by atoms with Crippen molar-refractivity contribution < 1.29 is 41.7 Å². The lowest BCUT2D eigenvalue weighted by molar-refractivity contribution is -0.148. The highest BCUT2D eigenvalue weighted by atomic mass is 19.4. The Morgan fingerprint density at radius 2 is 1.49 bits per heavy atom. The van der Waals surface area contributed by atoms with E-state index in [-0.39, 0.29) is 37.8 Å². The molecule has 0 amide bonds. The molecule has 0 spiro atoms. The lowest BCUT2D eigenvalue weighted by Gasteiger charge is -2.27. The molecule has 3 aromatic rings. The van der Waals surface area contributed by atoms with Crippen LogP contribution in [-0.2, 0) is 36.9 Å². The molecule has 0 unspecified atom stereocenters. The number of fused-ring (bicyclic) bond motifs is 1. The van der Waals surface area contributed by atoms with E-state index >= 15 is 0 Å². The molecule has 0 saturated heterocycles. The van der Waals surface area contributed by atoms with Crippen molar-refractivity contribution in [1.82, 2.24) is 19.7 Å². The van der Waals surface area contributed by atoms with Crippen molar-refractivity contribution >= 4 is 5.97 Å². The van der Waals surface area contributed by atoms with Gasteiger partial charge in [-0.05, 0) is 48.2 Å². The topological polar surface area (TPSA) is 97.2 Å². The quantitative estimate of drug-likeness (QED) is 0.277. The molecule has 1 aliphatic heterocycles. The molecule has 1 aliphatic rings. The van der Waals surface area contributed by atoms with Crippen LogP contribution < -0.4 is 23.7 Å². The van der Waals surface area contributed by atoms with Crippen LogP contribution in [0, 0.1) is 0 Å². The van der Waals surface area contributed by atoms with Gasteiger partial charge in [0.15, 0.2) is 23.0 Å². The standard InChI is InChI=1S/C26H29F3N4O6/c1-35-18-8-7-16(5-6-17-12-20(36-2)24(38-4)21(13-17)37-3)11-19(18)39-23(34)15-32-9-10-33-22(14-32)30-31-25(33)26(27,28)29/h7-8,11-13H,5-6,9-10,14-15H2,1-4H3. The molecule has 1 aromatic heterocycles. The Morgan fingerprint density at radius 3 is 2.10 bits per heavy atom. The average molecular weight is 551 g/mol. The summed E-state index contributed by atoms with van der Waals surface area (Å²) in [6, 6.07) is 9.09. The number of carbonyl (C=O) groups excluding carboxylic acids is 1. The van der Waals surface area contributed by atoms with Crippen LogP contribution in [0.15, 0.2) is 30.3 Å². The van der Waals surface area contributed by atoms with Crippen LogP contribution in [0.3, 0.4) is 0 Å². The monoisotopic (exact) mass is 550 g/mol. The second-order valence-corrected chi connectivity index (χ2v) is 8.79. The van der Waals surface area contributed by atoms with Gasteiger partial charge < -0.3 is 28.3 Å². The summed E-state index contributed by atoms with van der Waals surface area (Å²) in [7, 11) is 6.12. The Hall–Kier alpha value is -4.00. The Balaban J connectivity index is 1.41. The number of methoxy groups -OCH3 is 4. The van der Waals surface area contributed by atoms with Crippen LogP contribution in [0.2, 0.25) is 0 Å². The number of nitrogens with zero attached hydrogens (tertiary/aromatic N) is 4. The van der Waals surface area contributed by atoms with Crippen LogP contribution in [0.5, 0.6) is 28.7 Å². The fourth-order valence-corrected chi connectivity index (χ4v) is 4.41. The Morgan fingerprint density at radius 1 is 0.846 bits per heavy atom. The summed E-state index contributed by atoms with van der Waals surface area (Å²) in [5, 5.41) is 6.90. The maximum absolute atomic E-state index is 13.1. The highest BCUT2D eigenvalue weighted by molar-refractivity contribution is 5.75. The summed E-state index contributed by atoms with van der Waals surface area (Å²) >= 11 is 0. The van der Waals surface area contributed by atoms with E-state index in [2.05, 4.69) is 10.2 Å². The van der Waals surface area contributed by atoms with Gasteiger partial charge in [0, 0.05) is 13.1 Å². The zero-order valence-electron chi connectivity index (χ0n) is 22.0. The first-order chi connectivity index (χ1) is 18.7. The van der Waals surface area contributed by atoms with Gasteiger partial charge in [0.05, 0.1) is 41.5 Å². The van der Waals surface area contributed by atoms with Crippen molar-refractivity contribution in [2.75, 3.05) is 41.5 Å². The van der Waals surface area contributed by atoms with E-state index in [0.29, 0.717) is 35.8 Å². The molecule has 0 bridgehead atoms. The number of alkyl halides is 3. The van der Waals surface area contributed by atoms with Crippen molar-refractivity contribution in [1.29, 1.82) is 0 Å². The highest BCUT2D eigenvalue weighted by Gasteiger charge is 2.39. The van der Waals surface area contributed by atoms with Gasteiger partial charge in [-0.1, -0.05) is 6.07 Å². The second-order valence-electron chi connectivity index (χ2n) is 8.79. The molecule has 0 atom stereocenters. The minimum absolute atomic E-state index is 0.0180. The van der Waals surface area contributed by atoms with Gasteiger partial charge >= 0.3 is 12.1 Å². The predicted molar refractivity (Wildman–Crippen MR) is 132 cm³/mol. The number of aryl methyl sites for hydroxylation is 2. The molecule has 10 nitrogen and oxygen atoms in total. The number of esters is 1. The van der Waals surface area contributed by atoms with Crippen LogP contribution in [0.4, 0.5) is 13.2 Å². The van der Waals surface area contributed by atoms with Gasteiger partial charge in [-0.2, -0.15) is 13.2 Å². The third-order valence-corrected chi connectivity index (χ3v) is 6.32. The van der Waals surface area contributed by atoms with E-state index in [1.807, 2.05) is 18.2 Å². The maximum atomic E-state index is 13.1. The summed E-state index contributed by atoms with van der Waals surface area (Å²) in [6.07, 6.45) is -3.32. The van der Waals surface area contributed by atoms with E-state index in [1.165, 1.54) is 7.11 Å². The second kappa shape index (κ2) is 11.8. The summed E-state index contributed by atoms with van der Waals surface area (Å²) < 4.78 is 67.4. The zero-order chi connectivity index (χ0) is 28.2. The third-order valence-electron chi connectivity index (χ3n) is 6.32. The maximum Gasteiger partial charge on any atom is 0.451 e. The molecule has 0 fully saturated rings. The molecule has 0 saturated carbocycles. The Labute approximate surface area is 223 Å². The first-order valence-electron chi connectivity index (χ1n) is 12.0. The number of carbonyl (C=O) groups is 1. The highest BCUT2D eigenvalue weighted by Crippen LogP contribution is 2.38. The number of hydrogen-bond donors (Lipinski definition) is 0. The fourth-order valence-electron chi connectivity index (χ4n) is 4.41. The van der Waals surface area contributed by atoms with Crippen molar-refractivity contribution in [3.63, 3.8) is 0 Å². The van der Waals surface area contributed by atoms with E-state index in [0.717, 1.165) is 15.7 Å². The Kier molecular flexibility index (Phi) is 8.48. The van der Waals surface area contributed by atoms with E-state index in [4.69, 9.17) is 23.7 Å². The number of aromatic nitrogens is 3. The van der Waals surface area contributed by atoms with Crippen molar-refractivity contribution in [2.45, 2.75) is 32.1 Å². The first-order valence-corrected chi connectivity index (χ1v) is 12.0. The molecule has 210 valence electrons. The van der Waals surface area contributed by atoms with Gasteiger partial charge in [0.25, 0.3) is 0 Å². The summed E-state index contributed by atoms with van der Waals surface area (Å²) in [5.41, 5.74) is 1.86. The SMILES string of the molecule is COc1ccc(CCc2cc(OC)c(OC)c(OC)c2)cc1OC(=O)CN1CCn2c(nnc2C(F)(F)F)C1. The largest absolute Gasteiger partial charge is 0.493 e. The molecular weight excluding hydrogens is 521 g/mol. The van der Waals surface area contributed by atoms with Gasteiger partial charge in [-0.25, -0.2) is 0 Å². The van der Waals surface area contributed by atoms with Crippen LogP contribution in [0.25, 0.3) is 0 Å². The van der Waals surface area contributed by atoms with Crippen LogP contribution in [-0.4, -0.2) is 67.2 Å². The minimum atomic E-state index is -4.58. The fraction of sp³-hybridized carbons (Fsp3) is 0.423. The molecule has 13 heteroatoms.